The predicted octanol–water partition coefficient (Wildman–Crippen LogP) is 2.66. The molecule has 2 rings (SSSR count). The number of hydrogen-bond donors (Lipinski definition) is 1. The molecule has 1 saturated heterocycles. The second-order valence-electron chi connectivity index (χ2n) is 4.59. The first-order valence-electron chi connectivity index (χ1n) is 6.51. The van der Waals surface area contributed by atoms with Crippen molar-refractivity contribution in [2.75, 3.05) is 30.4 Å². The summed E-state index contributed by atoms with van der Waals surface area (Å²) in [6.07, 6.45) is 3.81. The van der Waals surface area contributed by atoms with Crippen LogP contribution in [0, 0.1) is 0 Å². The van der Waals surface area contributed by atoms with Crippen LogP contribution < -0.4 is 10.6 Å². The first-order chi connectivity index (χ1) is 8.31. The van der Waals surface area contributed by atoms with Crippen LogP contribution in [0.1, 0.15) is 26.2 Å². The lowest BCUT2D eigenvalue weighted by molar-refractivity contribution is 0.123. The van der Waals surface area contributed by atoms with Crippen LogP contribution in [0.4, 0.5) is 11.4 Å². The molecule has 0 amide bonds. The maximum atomic E-state index is 5.73. The highest BCUT2D eigenvalue weighted by Gasteiger charge is 2.22. The molecule has 1 aromatic rings. The fourth-order valence-corrected chi connectivity index (χ4v) is 2.43. The monoisotopic (exact) mass is 234 g/mol. The van der Waals surface area contributed by atoms with Crippen molar-refractivity contribution >= 4 is 11.4 Å². The van der Waals surface area contributed by atoms with Crippen molar-refractivity contribution in [2.45, 2.75) is 32.2 Å². The third-order valence-electron chi connectivity index (χ3n) is 3.37. The van der Waals surface area contributed by atoms with Crippen LogP contribution in [0.15, 0.2) is 24.3 Å². The molecule has 94 valence electrons. The van der Waals surface area contributed by atoms with Gasteiger partial charge in [0, 0.05) is 24.5 Å². The van der Waals surface area contributed by atoms with E-state index in [1.807, 2.05) is 12.1 Å². The standard InChI is InChI=1S/C14H22N2O/c1-2-17-11-14-5-3-4-10-16(14)13-8-6-12(15)7-9-13/h6-9,14H,2-5,10-11,15H2,1H3/t14-/m1/s1. The van der Waals surface area contributed by atoms with E-state index in [0.29, 0.717) is 6.04 Å². The van der Waals surface area contributed by atoms with Gasteiger partial charge in [-0.3, -0.25) is 0 Å². The summed E-state index contributed by atoms with van der Waals surface area (Å²) >= 11 is 0. The Morgan fingerprint density at radius 1 is 1.29 bits per heavy atom. The quantitative estimate of drug-likeness (QED) is 0.814. The molecule has 0 unspecified atom stereocenters. The van der Waals surface area contributed by atoms with Gasteiger partial charge in [-0.2, -0.15) is 0 Å². The van der Waals surface area contributed by atoms with Crippen molar-refractivity contribution in [3.8, 4) is 0 Å². The highest BCUT2D eigenvalue weighted by Crippen LogP contribution is 2.25. The van der Waals surface area contributed by atoms with Gasteiger partial charge < -0.3 is 15.4 Å². The van der Waals surface area contributed by atoms with E-state index in [0.717, 1.165) is 25.4 Å². The van der Waals surface area contributed by atoms with Gasteiger partial charge >= 0.3 is 0 Å². The summed E-state index contributed by atoms with van der Waals surface area (Å²) in [5.41, 5.74) is 7.82. The second-order valence-corrected chi connectivity index (χ2v) is 4.59. The highest BCUT2D eigenvalue weighted by atomic mass is 16.5. The number of nitrogens with two attached hydrogens (primary N) is 1. The second kappa shape index (κ2) is 5.92. The molecule has 3 nitrogen and oxygen atoms in total. The van der Waals surface area contributed by atoms with Gasteiger partial charge in [0.15, 0.2) is 0 Å². The summed E-state index contributed by atoms with van der Waals surface area (Å²) in [5, 5.41) is 0. The van der Waals surface area contributed by atoms with Gasteiger partial charge in [-0.05, 0) is 50.5 Å². The lowest BCUT2D eigenvalue weighted by atomic mass is 10.0. The zero-order valence-corrected chi connectivity index (χ0v) is 10.6. The minimum atomic E-state index is 0.521. The van der Waals surface area contributed by atoms with E-state index in [1.165, 1.54) is 24.9 Å². The van der Waals surface area contributed by atoms with Gasteiger partial charge in [-0.1, -0.05) is 0 Å². The lowest BCUT2D eigenvalue weighted by Gasteiger charge is -2.37. The minimum Gasteiger partial charge on any atom is -0.399 e. The van der Waals surface area contributed by atoms with Crippen molar-refractivity contribution in [3.05, 3.63) is 24.3 Å². The number of hydrogen-bond acceptors (Lipinski definition) is 3. The molecule has 0 aliphatic carbocycles. The van der Waals surface area contributed by atoms with E-state index in [1.54, 1.807) is 0 Å². The summed E-state index contributed by atoms with van der Waals surface area (Å²) in [4.78, 5) is 2.46. The number of nitrogen functional groups attached to an aromatic ring is 1. The van der Waals surface area contributed by atoms with E-state index in [4.69, 9.17) is 10.5 Å². The van der Waals surface area contributed by atoms with Crippen molar-refractivity contribution in [3.63, 3.8) is 0 Å². The topological polar surface area (TPSA) is 38.5 Å². The van der Waals surface area contributed by atoms with Gasteiger partial charge in [0.1, 0.15) is 0 Å². The average molecular weight is 234 g/mol. The Morgan fingerprint density at radius 2 is 2.06 bits per heavy atom. The molecule has 0 radical (unpaired) electrons. The molecule has 1 atom stereocenters. The number of anilines is 2. The summed E-state index contributed by atoms with van der Waals surface area (Å²) in [6.45, 7) is 4.81. The first kappa shape index (κ1) is 12.2. The van der Waals surface area contributed by atoms with Gasteiger partial charge in [-0.15, -0.1) is 0 Å². The molecular formula is C14H22N2O. The summed E-state index contributed by atoms with van der Waals surface area (Å²) in [6, 6.07) is 8.69. The molecule has 1 aromatic carbocycles. The number of nitrogens with zero attached hydrogens (tertiary/aromatic N) is 1. The Hall–Kier alpha value is -1.22. The number of benzene rings is 1. The molecular weight excluding hydrogens is 212 g/mol. The summed E-state index contributed by atoms with van der Waals surface area (Å²) in [5.74, 6) is 0. The van der Waals surface area contributed by atoms with Gasteiger partial charge in [0.05, 0.1) is 12.6 Å². The first-order valence-corrected chi connectivity index (χ1v) is 6.51. The van der Waals surface area contributed by atoms with Crippen LogP contribution in [0.5, 0.6) is 0 Å². The van der Waals surface area contributed by atoms with Crippen LogP contribution in [-0.4, -0.2) is 25.8 Å². The predicted molar refractivity (Wildman–Crippen MR) is 72.3 cm³/mol. The van der Waals surface area contributed by atoms with Crippen molar-refractivity contribution in [2.24, 2.45) is 0 Å². The lowest BCUT2D eigenvalue weighted by Crippen LogP contribution is -2.42. The fraction of sp³-hybridized carbons (Fsp3) is 0.571. The largest absolute Gasteiger partial charge is 0.399 e. The molecule has 17 heavy (non-hydrogen) atoms. The molecule has 1 fully saturated rings. The molecule has 1 aliphatic rings. The summed E-state index contributed by atoms with van der Waals surface area (Å²) in [7, 11) is 0. The van der Waals surface area contributed by atoms with Crippen LogP contribution in [-0.2, 0) is 4.74 Å². The third kappa shape index (κ3) is 3.13. The van der Waals surface area contributed by atoms with Gasteiger partial charge in [0.2, 0.25) is 0 Å². The Kier molecular flexibility index (Phi) is 4.26. The fourth-order valence-electron chi connectivity index (χ4n) is 2.43. The van der Waals surface area contributed by atoms with E-state index >= 15 is 0 Å². The molecule has 0 spiro atoms. The van der Waals surface area contributed by atoms with Crippen LogP contribution >= 0.6 is 0 Å². The summed E-state index contributed by atoms with van der Waals surface area (Å²) < 4.78 is 5.58. The van der Waals surface area contributed by atoms with Crippen molar-refractivity contribution in [1.82, 2.24) is 0 Å². The van der Waals surface area contributed by atoms with Gasteiger partial charge in [-0.25, -0.2) is 0 Å². The maximum absolute atomic E-state index is 5.73. The smallest absolute Gasteiger partial charge is 0.0669 e. The Labute approximate surface area is 104 Å². The van der Waals surface area contributed by atoms with E-state index in [9.17, 15) is 0 Å². The van der Waals surface area contributed by atoms with Crippen LogP contribution in [0.2, 0.25) is 0 Å². The molecule has 1 heterocycles. The van der Waals surface area contributed by atoms with Gasteiger partial charge in [0.25, 0.3) is 0 Å². The zero-order chi connectivity index (χ0) is 12.1. The number of rotatable bonds is 4. The molecule has 1 aliphatic heterocycles. The van der Waals surface area contributed by atoms with E-state index in [-0.39, 0.29) is 0 Å². The molecule has 0 bridgehead atoms. The zero-order valence-electron chi connectivity index (χ0n) is 10.6. The minimum absolute atomic E-state index is 0.521. The molecule has 0 saturated carbocycles. The molecule has 0 aromatic heterocycles. The Balaban J connectivity index is 2.07. The molecule has 2 N–H and O–H groups in total. The Bertz CT molecular complexity index is 337. The van der Waals surface area contributed by atoms with Crippen molar-refractivity contribution in [1.29, 1.82) is 0 Å². The van der Waals surface area contributed by atoms with Crippen molar-refractivity contribution < 1.29 is 4.74 Å². The number of ether oxygens (including phenoxy) is 1. The van der Waals surface area contributed by atoms with Crippen LogP contribution in [0.3, 0.4) is 0 Å². The SMILES string of the molecule is CCOC[C@H]1CCCCN1c1ccc(N)cc1. The normalized spacial score (nSPS) is 20.5. The third-order valence-corrected chi connectivity index (χ3v) is 3.37. The van der Waals surface area contributed by atoms with E-state index in [2.05, 4.69) is 24.0 Å². The van der Waals surface area contributed by atoms with Crippen LogP contribution in [0.25, 0.3) is 0 Å². The maximum Gasteiger partial charge on any atom is 0.0669 e. The molecule has 3 heteroatoms. The Morgan fingerprint density at radius 3 is 2.76 bits per heavy atom. The highest BCUT2D eigenvalue weighted by molar-refractivity contribution is 5.54. The number of piperidine rings is 1. The average Bonchev–Trinajstić information content (AvgIpc) is 2.38. The van der Waals surface area contributed by atoms with E-state index < -0.39 is 0 Å².